The fraction of sp³-hybridized carbons (Fsp3) is 0.225. The molecule has 0 aliphatic carbocycles. The third-order valence-corrected chi connectivity index (χ3v) is 19.1. The molecule has 6 heteroatoms. The summed E-state index contributed by atoms with van der Waals surface area (Å²) in [5.74, 6) is 0. The van der Waals surface area contributed by atoms with Crippen LogP contribution in [-0.2, 0) is 21.7 Å². The standard InChI is InChI=1S/C80H79BN4S/c1-52-21-20-22-53(2)76(52)85-70-49-65(82(60-24-16-15-17-25-60)61-36-27-54(28-37-61)74-47-55-23-18-19-26-73(55)86-74)44-45-67(70)81-68-48-59(80(12,13)14)35-46-69(68)84(64-42-33-58(34-43-64)79(9,10)11)71-50-66(51-72(85)75(71)81)83(62-38-29-56(30-39-62)77(3,4)5)63-40-31-57(32-41-63)78(6,7)8/h15-51H,1-14H3. The van der Waals surface area contributed by atoms with E-state index in [4.69, 9.17) is 0 Å². The summed E-state index contributed by atoms with van der Waals surface area (Å²) >= 11 is 1.85. The summed E-state index contributed by atoms with van der Waals surface area (Å²) in [7, 11) is 0. The third kappa shape index (κ3) is 10.2. The summed E-state index contributed by atoms with van der Waals surface area (Å²) in [6.45, 7) is 32.2. The van der Waals surface area contributed by atoms with Crippen molar-refractivity contribution in [1.29, 1.82) is 0 Å². The number of benzene rings is 10. The SMILES string of the molecule is Cc1cccc(C)c1N1c2cc(N(c3ccccc3)c3ccc(-c4cc5ccccc5s4)cc3)ccc2B2c3cc(C(C)(C)C)ccc3N(c3ccc(C(C)(C)C)cc3)c3cc(N(c4ccc(C(C)(C)C)cc4)c4ccc(C(C)(C)C)cc4)cc1c32. The molecule has 0 fully saturated rings. The van der Waals surface area contributed by atoms with Gasteiger partial charge in [-0.15, -0.1) is 11.3 Å². The number of aryl methyl sites for hydroxylation is 2. The first-order valence-corrected chi connectivity index (χ1v) is 31.5. The van der Waals surface area contributed by atoms with Crippen molar-refractivity contribution in [1.82, 2.24) is 0 Å². The Morgan fingerprint density at radius 1 is 0.349 bits per heavy atom. The molecule has 3 heterocycles. The van der Waals surface area contributed by atoms with E-state index >= 15 is 0 Å². The van der Waals surface area contributed by atoms with E-state index in [1.165, 1.54) is 87.4 Å². The molecule has 0 N–H and O–H groups in total. The van der Waals surface area contributed by atoms with Crippen LogP contribution in [-0.4, -0.2) is 6.71 Å². The quantitative estimate of drug-likeness (QED) is 0.134. The lowest BCUT2D eigenvalue weighted by Gasteiger charge is -2.46. The van der Waals surface area contributed by atoms with Gasteiger partial charge in [0.1, 0.15) is 0 Å². The van der Waals surface area contributed by atoms with Gasteiger partial charge in [-0.1, -0.05) is 204 Å². The van der Waals surface area contributed by atoms with Gasteiger partial charge in [0.25, 0.3) is 6.71 Å². The van der Waals surface area contributed by atoms with Crippen molar-refractivity contribution in [2.45, 2.75) is 119 Å². The zero-order valence-electron chi connectivity index (χ0n) is 52.6. The Bertz CT molecular complexity index is 4230. The maximum atomic E-state index is 2.64. The fourth-order valence-electron chi connectivity index (χ4n) is 13.1. The van der Waals surface area contributed by atoms with E-state index in [1.54, 1.807) is 0 Å². The van der Waals surface area contributed by atoms with Crippen molar-refractivity contribution in [3.63, 3.8) is 0 Å². The second kappa shape index (κ2) is 21.1. The molecule has 0 amide bonds. The second-order valence-corrected chi connectivity index (χ2v) is 29.2. The number of rotatable bonds is 9. The van der Waals surface area contributed by atoms with Gasteiger partial charge in [0, 0.05) is 66.5 Å². The van der Waals surface area contributed by atoms with Crippen LogP contribution in [0.5, 0.6) is 0 Å². The van der Waals surface area contributed by atoms with Crippen LogP contribution in [0.1, 0.15) is 116 Å². The van der Waals surface area contributed by atoms with E-state index in [0.717, 1.165) is 51.2 Å². The zero-order valence-corrected chi connectivity index (χ0v) is 53.5. The van der Waals surface area contributed by atoms with Crippen LogP contribution < -0.4 is 36.0 Å². The lowest BCUT2D eigenvalue weighted by Crippen LogP contribution is -2.61. The monoisotopic (exact) mass is 1140 g/mol. The van der Waals surface area contributed by atoms with E-state index < -0.39 is 0 Å². The third-order valence-electron chi connectivity index (χ3n) is 17.9. The lowest BCUT2D eigenvalue weighted by atomic mass is 9.33. The van der Waals surface area contributed by atoms with Gasteiger partial charge in [-0.05, 0) is 199 Å². The molecular weight excluding hydrogens is 1060 g/mol. The van der Waals surface area contributed by atoms with Gasteiger partial charge >= 0.3 is 0 Å². The first-order chi connectivity index (χ1) is 41.0. The van der Waals surface area contributed by atoms with Crippen molar-refractivity contribution < 1.29 is 0 Å². The largest absolute Gasteiger partial charge is 0.311 e. The second-order valence-electron chi connectivity index (χ2n) is 28.1. The predicted molar refractivity (Wildman–Crippen MR) is 375 cm³/mol. The Hall–Kier alpha value is -8.58. The highest BCUT2D eigenvalue weighted by Gasteiger charge is 2.45. The van der Waals surface area contributed by atoms with Gasteiger partial charge < -0.3 is 19.6 Å². The lowest BCUT2D eigenvalue weighted by molar-refractivity contribution is 0.590. The summed E-state index contributed by atoms with van der Waals surface area (Å²) in [4.78, 5) is 11.4. The van der Waals surface area contributed by atoms with E-state index in [2.05, 4.69) is 341 Å². The first kappa shape index (κ1) is 56.6. The smallest absolute Gasteiger partial charge is 0.252 e. The summed E-state index contributed by atoms with van der Waals surface area (Å²) in [5.41, 5.74) is 26.2. The Morgan fingerprint density at radius 2 is 0.814 bits per heavy atom. The van der Waals surface area contributed by atoms with Gasteiger partial charge in [-0.3, -0.25) is 0 Å². The molecule has 0 spiro atoms. The summed E-state index contributed by atoms with van der Waals surface area (Å²) in [5, 5.41) is 1.28. The van der Waals surface area contributed by atoms with Gasteiger partial charge in [0.05, 0.1) is 11.4 Å². The van der Waals surface area contributed by atoms with Crippen molar-refractivity contribution in [2.24, 2.45) is 0 Å². The van der Waals surface area contributed by atoms with E-state index in [1.807, 2.05) is 11.3 Å². The van der Waals surface area contributed by atoms with Gasteiger partial charge in [-0.2, -0.15) is 0 Å². The maximum Gasteiger partial charge on any atom is 0.252 e. The normalized spacial score (nSPS) is 13.2. The molecule has 86 heavy (non-hydrogen) atoms. The molecule has 428 valence electrons. The summed E-state index contributed by atoms with van der Waals surface area (Å²) in [6.07, 6.45) is 0. The molecule has 10 aromatic carbocycles. The van der Waals surface area contributed by atoms with Crippen molar-refractivity contribution in [3.8, 4) is 10.4 Å². The van der Waals surface area contributed by atoms with Crippen LogP contribution in [0, 0.1) is 13.8 Å². The molecule has 13 rings (SSSR count). The average Bonchev–Trinajstić information content (AvgIpc) is 0.824. The minimum atomic E-state index is -0.113. The molecule has 0 bridgehead atoms. The zero-order chi connectivity index (χ0) is 60.2. The highest BCUT2D eigenvalue weighted by atomic mass is 32.1. The van der Waals surface area contributed by atoms with Gasteiger partial charge in [-0.25, -0.2) is 0 Å². The van der Waals surface area contributed by atoms with Crippen molar-refractivity contribution in [3.05, 3.63) is 258 Å². The number of thiophene rings is 1. The molecule has 0 atom stereocenters. The van der Waals surface area contributed by atoms with Crippen LogP contribution in [0.15, 0.2) is 224 Å². The summed E-state index contributed by atoms with van der Waals surface area (Å²) in [6, 6.07) is 85.6. The first-order valence-electron chi connectivity index (χ1n) is 30.7. The van der Waals surface area contributed by atoms with E-state index in [9.17, 15) is 0 Å². The molecule has 2 aliphatic rings. The number of hydrogen-bond donors (Lipinski definition) is 0. The number of nitrogens with zero attached hydrogens (tertiary/aromatic N) is 4. The molecule has 0 saturated carbocycles. The predicted octanol–water partition coefficient (Wildman–Crippen LogP) is 21.4. The number of anilines is 12. The molecule has 0 unspecified atom stereocenters. The molecular formula is C80H79BN4S. The number of fused-ring (bicyclic) bond motifs is 5. The fourth-order valence-corrected chi connectivity index (χ4v) is 14.2. The highest BCUT2D eigenvalue weighted by molar-refractivity contribution is 7.22. The molecule has 11 aromatic rings. The molecule has 2 aliphatic heterocycles. The Labute approximate surface area is 516 Å². The van der Waals surface area contributed by atoms with Gasteiger partial charge in [0.2, 0.25) is 0 Å². The van der Waals surface area contributed by atoms with Crippen LogP contribution in [0.3, 0.4) is 0 Å². The van der Waals surface area contributed by atoms with Crippen LogP contribution in [0.4, 0.5) is 68.2 Å². The van der Waals surface area contributed by atoms with E-state index in [0.29, 0.717) is 0 Å². The van der Waals surface area contributed by atoms with Crippen molar-refractivity contribution in [2.75, 3.05) is 19.6 Å². The minimum Gasteiger partial charge on any atom is -0.311 e. The average molecular weight is 1140 g/mol. The highest BCUT2D eigenvalue weighted by Crippen LogP contribution is 2.51. The topological polar surface area (TPSA) is 13.0 Å². The van der Waals surface area contributed by atoms with Crippen LogP contribution in [0.25, 0.3) is 20.5 Å². The molecule has 0 radical (unpaired) electrons. The Morgan fingerprint density at radius 3 is 1.37 bits per heavy atom. The number of para-hydroxylation sites is 2. The molecule has 1 aromatic heterocycles. The summed E-state index contributed by atoms with van der Waals surface area (Å²) < 4.78 is 1.30. The number of hydrogen-bond acceptors (Lipinski definition) is 5. The van der Waals surface area contributed by atoms with Gasteiger partial charge in [0.15, 0.2) is 0 Å². The van der Waals surface area contributed by atoms with Crippen LogP contribution >= 0.6 is 11.3 Å². The van der Waals surface area contributed by atoms with Crippen LogP contribution in [0.2, 0.25) is 0 Å². The molecule has 4 nitrogen and oxygen atoms in total. The molecule has 0 saturated heterocycles. The maximum absolute atomic E-state index is 2.64. The van der Waals surface area contributed by atoms with Crippen molar-refractivity contribution >= 4 is 113 Å². The Balaban J connectivity index is 1.11. The van der Waals surface area contributed by atoms with E-state index in [-0.39, 0.29) is 28.4 Å². The minimum absolute atomic E-state index is 0.0105. The Kier molecular flexibility index (Phi) is 13.9.